The van der Waals surface area contributed by atoms with Crippen LogP contribution in [0.5, 0.6) is 5.75 Å². The van der Waals surface area contributed by atoms with Crippen LogP contribution in [-0.2, 0) is 58.2 Å². The van der Waals surface area contributed by atoms with Gasteiger partial charge >= 0.3 is 17.8 Å². The number of ether oxygens (including phenoxy) is 4. The zero-order valence-corrected chi connectivity index (χ0v) is 45.1. The molecule has 0 radical (unpaired) electrons. The largest absolute Gasteiger partial charge is 0.750 e. The Balaban J connectivity index is 0.00000177. The third-order valence-corrected chi connectivity index (χ3v) is 13.8. The number of rotatable bonds is 22. The van der Waals surface area contributed by atoms with Gasteiger partial charge in [-0.3, -0.25) is 14.5 Å². The van der Waals surface area contributed by atoms with Crippen LogP contribution in [0.2, 0.25) is 0 Å². The molecule has 0 spiro atoms. The Kier molecular flexibility index (Phi) is 20.5. The molecule has 3 aromatic carbocycles. The fourth-order valence-corrected chi connectivity index (χ4v) is 9.42. The minimum absolute atomic E-state index is 0.0214. The molecule has 25 nitrogen and oxygen atoms in total. The Hall–Kier alpha value is -7.73. The van der Waals surface area contributed by atoms with E-state index >= 15 is 4.39 Å². The van der Waals surface area contributed by atoms with Crippen molar-refractivity contribution in [2.75, 3.05) is 61.1 Å². The van der Waals surface area contributed by atoms with Gasteiger partial charge in [-0.05, 0) is 86.8 Å². The van der Waals surface area contributed by atoms with Gasteiger partial charge in [0.15, 0.2) is 0 Å². The van der Waals surface area contributed by atoms with Crippen molar-refractivity contribution in [1.82, 2.24) is 29.1 Å². The zero-order valence-electron chi connectivity index (χ0n) is 44.3. The Morgan fingerprint density at radius 2 is 1.65 bits per heavy atom. The van der Waals surface area contributed by atoms with E-state index in [-0.39, 0.29) is 62.2 Å². The quantitative estimate of drug-likeness (QED) is 0.0289. The molecule has 430 valence electrons. The van der Waals surface area contributed by atoms with E-state index in [0.717, 1.165) is 48.5 Å². The lowest BCUT2D eigenvalue weighted by atomic mass is 9.87. The fraction of sp³-hybridized carbons (Fsp3) is 0.423. The van der Waals surface area contributed by atoms with Crippen molar-refractivity contribution in [2.24, 2.45) is 17.4 Å². The number of halogens is 2. The van der Waals surface area contributed by atoms with Crippen LogP contribution < -0.4 is 46.4 Å². The van der Waals surface area contributed by atoms with Crippen LogP contribution in [0.3, 0.4) is 0 Å². The molecule has 2 aliphatic heterocycles. The van der Waals surface area contributed by atoms with E-state index in [0.29, 0.717) is 29.8 Å². The van der Waals surface area contributed by atoms with E-state index in [4.69, 9.17) is 44.4 Å². The highest BCUT2D eigenvalue weighted by molar-refractivity contribution is 7.73. The molecule has 2 fully saturated rings. The first-order valence-electron chi connectivity index (χ1n) is 25.5. The van der Waals surface area contributed by atoms with Gasteiger partial charge in [-0.15, -0.1) is 4.68 Å². The van der Waals surface area contributed by atoms with Gasteiger partial charge in [0.1, 0.15) is 54.3 Å². The first-order chi connectivity index (χ1) is 38.3. The highest BCUT2D eigenvalue weighted by Gasteiger charge is 2.46. The predicted molar refractivity (Wildman–Crippen MR) is 280 cm³/mol. The van der Waals surface area contributed by atoms with E-state index in [1.165, 1.54) is 52.0 Å². The number of anilines is 3. The molecule has 7 atom stereocenters. The number of hydrogen-bond acceptors (Lipinski definition) is 19. The van der Waals surface area contributed by atoms with Gasteiger partial charge in [-0.1, -0.05) is 19.1 Å². The number of hydrogen-bond donors (Lipinski definition) is 3. The molecule has 2 aliphatic rings. The smallest absolute Gasteiger partial charge is 0.418 e. The average molecular weight is 1130 g/mol. The van der Waals surface area contributed by atoms with Crippen LogP contribution >= 0.6 is 0 Å². The summed E-state index contributed by atoms with van der Waals surface area (Å²) in [4.78, 5) is 60.1. The summed E-state index contributed by atoms with van der Waals surface area (Å²) in [5.41, 5.74) is 12.8. The number of carbonyl (C=O) groups is 3. The number of aromatic nitrogens is 7. The number of aliphatic hydroxyl groups excluding tert-OH is 1. The van der Waals surface area contributed by atoms with Crippen LogP contribution in [-0.4, -0.2) is 120 Å². The lowest BCUT2D eigenvalue weighted by Crippen LogP contribution is -2.46. The molecule has 2 unspecified atom stereocenters. The molecule has 80 heavy (non-hydrogen) atoms. The summed E-state index contributed by atoms with van der Waals surface area (Å²) in [6.07, 6.45) is 4.46. The van der Waals surface area contributed by atoms with Gasteiger partial charge in [0.25, 0.3) is 6.33 Å². The normalized spacial score (nSPS) is 18.1. The molecule has 5 N–H and O–H groups in total. The Morgan fingerprint density at radius 1 is 1.00 bits per heavy atom. The number of esters is 1. The standard InChI is InChI=1S/C52H62F2N12O9.H2O4S/c1-5-46(34(2)67)66-50(70)65(32-59-66)41-11-9-39(10-12-41)61-21-23-62(24-22-61)40-13-15-42(16-14-40)72-27-36-26-52(74-28-36,43-17-8-38(53)25-44(43)54)30-64-33-63(31-58-64)35(3)75-51(71)60(4)48-37(7-6-20-57-48)29-73-49(69)45(55)18-19-47(56)68;1-4-5(2)3/h6-17,20,25,31-36,45-46,67H,5,18-19,21-24,26-30,55H2,1-4H3,(H-,56,68);1H,(H,2,3)/p-1/t34-,35?,36+,45-,46-,52-;/m0./s1. The molecule has 2 saturated heterocycles. The van der Waals surface area contributed by atoms with Crippen molar-refractivity contribution in [3.05, 3.63) is 137 Å². The summed E-state index contributed by atoms with van der Waals surface area (Å²) in [5, 5.41) is 27.4. The number of benzene rings is 3. The summed E-state index contributed by atoms with van der Waals surface area (Å²) in [6.45, 7) is 8.64. The third-order valence-electron chi connectivity index (χ3n) is 13.7. The molecule has 5 heterocycles. The van der Waals surface area contributed by atoms with E-state index in [9.17, 15) is 28.7 Å². The lowest BCUT2D eigenvalue weighted by molar-refractivity contribution is -0.753. The van der Waals surface area contributed by atoms with Crippen LogP contribution in [0.1, 0.15) is 69.9 Å². The van der Waals surface area contributed by atoms with Gasteiger partial charge in [0, 0.05) is 92.4 Å². The summed E-state index contributed by atoms with van der Waals surface area (Å²) in [7, 11) is 1.45. The maximum absolute atomic E-state index is 15.6. The molecular formula is C52H63F2N12O13S-. The molecular weight excluding hydrogens is 1070 g/mol. The maximum Gasteiger partial charge on any atom is 0.418 e. The summed E-state index contributed by atoms with van der Waals surface area (Å²) in [6, 6.07) is 20.9. The minimum Gasteiger partial charge on any atom is -0.750 e. The third kappa shape index (κ3) is 15.1. The number of amides is 2. The van der Waals surface area contributed by atoms with E-state index in [1.54, 1.807) is 36.9 Å². The van der Waals surface area contributed by atoms with E-state index in [2.05, 4.69) is 29.3 Å². The van der Waals surface area contributed by atoms with Gasteiger partial charge in [-0.2, -0.15) is 9.67 Å². The molecule has 8 rings (SSSR count). The maximum atomic E-state index is 15.6. The average Bonchev–Trinajstić information content (AvgIpc) is 4.28. The Morgan fingerprint density at radius 3 is 2.26 bits per heavy atom. The van der Waals surface area contributed by atoms with Gasteiger partial charge < -0.3 is 59.5 Å². The van der Waals surface area contributed by atoms with E-state index < -0.39 is 71.0 Å². The van der Waals surface area contributed by atoms with Crippen molar-refractivity contribution in [1.29, 1.82) is 0 Å². The first-order valence-corrected chi connectivity index (χ1v) is 26.5. The van der Waals surface area contributed by atoms with Crippen molar-refractivity contribution in [3.8, 4) is 11.4 Å². The highest BCUT2D eigenvalue weighted by Crippen LogP contribution is 2.42. The zero-order chi connectivity index (χ0) is 57.7. The molecule has 0 aliphatic carbocycles. The number of nitrogens with zero attached hydrogens (tertiary/aromatic N) is 10. The number of nitrogens with two attached hydrogens (primary N) is 2. The molecule has 0 saturated carbocycles. The monoisotopic (exact) mass is 1130 g/mol. The van der Waals surface area contributed by atoms with Crippen LogP contribution in [0.15, 0.2) is 109 Å². The Bertz CT molecular complexity index is 3120. The second-order valence-corrected chi connectivity index (χ2v) is 19.7. The molecule has 6 aromatic rings. The van der Waals surface area contributed by atoms with Crippen LogP contribution in [0, 0.1) is 17.6 Å². The van der Waals surface area contributed by atoms with E-state index in [1.807, 2.05) is 55.5 Å². The SMILES string of the molecule is CC[C@@H]([C@H](C)O)n1ncn(-c2ccc(N3CCN(c4ccc(OC[C@@H]5CO[C@@](Cn6c[n+](C(C)OC(=O)N(C)c7ncccc7COC(=O)[C@@H](N)CCC(N)=O)cn6)(c6ccc(F)cc6F)C5)cc4)CC3)cc2)c1=O.O=S([O-])O[O-]. The number of aliphatic hydroxyl groups is 1. The molecule has 28 heteroatoms. The highest BCUT2D eigenvalue weighted by atomic mass is 32.2. The van der Waals surface area contributed by atoms with Crippen molar-refractivity contribution < 1.29 is 70.1 Å². The molecule has 0 bridgehead atoms. The van der Waals surface area contributed by atoms with Crippen molar-refractivity contribution in [3.63, 3.8) is 0 Å². The summed E-state index contributed by atoms with van der Waals surface area (Å²) < 4.78 is 79.6. The van der Waals surface area contributed by atoms with Crippen LogP contribution in [0.4, 0.5) is 30.8 Å². The van der Waals surface area contributed by atoms with Gasteiger partial charge in [-0.25, -0.2) is 36.8 Å². The molecule has 3 aromatic heterocycles. The molecule has 2 amide bonds. The van der Waals surface area contributed by atoms with Gasteiger partial charge in [0.2, 0.25) is 18.5 Å². The number of piperazine rings is 1. The first kappa shape index (κ1) is 59.9. The fourth-order valence-electron chi connectivity index (χ4n) is 9.42. The lowest BCUT2D eigenvalue weighted by Gasteiger charge is -2.37. The number of carbonyl (C=O) groups excluding carboxylic acids is 3. The van der Waals surface area contributed by atoms with Crippen LogP contribution in [0.25, 0.3) is 5.69 Å². The summed E-state index contributed by atoms with van der Waals surface area (Å²) in [5.74, 6) is -2.17. The van der Waals surface area contributed by atoms with Gasteiger partial charge in [0.05, 0.1) is 42.4 Å². The number of primary amides is 1. The van der Waals surface area contributed by atoms with Crippen molar-refractivity contribution in [2.45, 2.75) is 89.6 Å². The topological polar surface area (TPSA) is 317 Å². The summed E-state index contributed by atoms with van der Waals surface area (Å²) >= 11 is -2.88. The second-order valence-electron chi connectivity index (χ2n) is 19.2. The minimum atomic E-state index is -2.88. The predicted octanol–water partition coefficient (Wildman–Crippen LogP) is 2.36. The Labute approximate surface area is 461 Å². The van der Waals surface area contributed by atoms with Crippen molar-refractivity contribution >= 4 is 46.5 Å². The number of pyridine rings is 1. The second kappa shape index (κ2) is 27.4.